The summed E-state index contributed by atoms with van der Waals surface area (Å²) < 4.78 is 37.6. The first-order chi connectivity index (χ1) is 11.3. The second kappa shape index (κ2) is 11.6. The predicted molar refractivity (Wildman–Crippen MR) is 107 cm³/mol. The van der Waals surface area contributed by atoms with Crippen molar-refractivity contribution in [1.82, 2.24) is 15.5 Å². The fourth-order valence-corrected chi connectivity index (χ4v) is 2.10. The van der Waals surface area contributed by atoms with Crippen molar-refractivity contribution in [1.29, 1.82) is 0 Å². The number of guanidine groups is 1. The van der Waals surface area contributed by atoms with E-state index >= 15 is 0 Å². The van der Waals surface area contributed by atoms with Crippen molar-refractivity contribution in [2.75, 3.05) is 27.2 Å². The second-order valence-electron chi connectivity index (χ2n) is 5.79. The Morgan fingerprint density at radius 1 is 1.20 bits per heavy atom. The lowest BCUT2D eigenvalue weighted by atomic mass is 10.1. The van der Waals surface area contributed by atoms with Gasteiger partial charge in [-0.2, -0.15) is 13.2 Å². The van der Waals surface area contributed by atoms with Gasteiger partial charge in [0.05, 0.1) is 5.56 Å². The van der Waals surface area contributed by atoms with Gasteiger partial charge in [-0.15, -0.1) is 24.0 Å². The molecule has 8 heteroatoms. The summed E-state index contributed by atoms with van der Waals surface area (Å²) in [5.74, 6) is 0.632. The molecule has 2 N–H and O–H groups in total. The molecule has 1 aromatic carbocycles. The summed E-state index contributed by atoms with van der Waals surface area (Å²) in [4.78, 5) is 6.38. The first-order valence-corrected chi connectivity index (χ1v) is 8.08. The summed E-state index contributed by atoms with van der Waals surface area (Å²) in [7, 11) is 3.74. The lowest BCUT2D eigenvalue weighted by molar-refractivity contribution is -0.137. The summed E-state index contributed by atoms with van der Waals surface area (Å²) in [6.45, 7) is 6.37. The molecule has 0 heterocycles. The van der Waals surface area contributed by atoms with E-state index in [4.69, 9.17) is 0 Å². The normalized spacial score (nSPS) is 13.4. The van der Waals surface area contributed by atoms with E-state index in [2.05, 4.69) is 41.4 Å². The average Bonchev–Trinajstić information content (AvgIpc) is 2.56. The Labute approximate surface area is 165 Å². The number of nitrogens with one attached hydrogen (secondary N) is 2. The van der Waals surface area contributed by atoms with Crippen molar-refractivity contribution in [3.8, 4) is 0 Å². The first kappa shape index (κ1) is 24.0. The molecule has 0 aliphatic rings. The maximum absolute atomic E-state index is 12.5. The maximum atomic E-state index is 12.5. The molecule has 0 spiro atoms. The van der Waals surface area contributed by atoms with Crippen LogP contribution in [0, 0.1) is 0 Å². The Kier molecular flexibility index (Phi) is 11.1. The lowest BCUT2D eigenvalue weighted by Crippen LogP contribution is -2.42. The molecular weight excluding hydrogens is 444 g/mol. The topological polar surface area (TPSA) is 39.7 Å². The van der Waals surface area contributed by atoms with E-state index in [0.29, 0.717) is 18.5 Å². The van der Waals surface area contributed by atoms with Crippen molar-refractivity contribution in [2.24, 2.45) is 4.99 Å². The maximum Gasteiger partial charge on any atom is 0.416 e. The van der Waals surface area contributed by atoms with Gasteiger partial charge in [0.2, 0.25) is 0 Å². The highest BCUT2D eigenvalue weighted by Crippen LogP contribution is 2.28. The largest absolute Gasteiger partial charge is 0.416 e. The zero-order chi connectivity index (χ0) is 18.2. The van der Waals surface area contributed by atoms with E-state index in [9.17, 15) is 13.2 Å². The quantitative estimate of drug-likeness (QED) is 0.361. The Bertz CT molecular complexity index is 518. The summed E-state index contributed by atoms with van der Waals surface area (Å²) in [6, 6.07) is 5.65. The number of benzene rings is 1. The van der Waals surface area contributed by atoms with E-state index in [1.54, 1.807) is 7.05 Å². The number of alkyl halides is 3. The van der Waals surface area contributed by atoms with Gasteiger partial charge in [-0.3, -0.25) is 4.99 Å². The van der Waals surface area contributed by atoms with Crippen molar-refractivity contribution >= 4 is 29.9 Å². The summed E-state index contributed by atoms with van der Waals surface area (Å²) >= 11 is 0. The van der Waals surface area contributed by atoms with Crippen LogP contribution in [0.1, 0.15) is 31.4 Å². The van der Waals surface area contributed by atoms with E-state index < -0.39 is 11.7 Å². The minimum absolute atomic E-state index is 0. The van der Waals surface area contributed by atoms with Crippen molar-refractivity contribution in [3.63, 3.8) is 0 Å². The number of rotatable bonds is 7. The standard InChI is InChI=1S/C17H27F3N4.HI/c1-5-13(2)24(4)11-10-22-16(21-3)23-12-14-6-8-15(9-7-14)17(18,19)20;/h6-9,13H,5,10-12H2,1-4H3,(H2,21,22,23);1H. The van der Waals surface area contributed by atoms with Gasteiger partial charge < -0.3 is 15.5 Å². The van der Waals surface area contributed by atoms with Crippen LogP contribution in [0.3, 0.4) is 0 Å². The number of nitrogens with zero attached hydrogens (tertiary/aromatic N) is 2. The summed E-state index contributed by atoms with van der Waals surface area (Å²) in [6.07, 6.45) is -3.21. The molecule has 0 saturated carbocycles. The highest BCUT2D eigenvalue weighted by atomic mass is 127. The Morgan fingerprint density at radius 2 is 1.80 bits per heavy atom. The molecule has 144 valence electrons. The van der Waals surface area contributed by atoms with Crippen LogP contribution in [-0.2, 0) is 12.7 Å². The molecule has 0 amide bonds. The van der Waals surface area contributed by atoms with Gasteiger partial charge in [-0.1, -0.05) is 19.1 Å². The molecule has 1 atom stereocenters. The third kappa shape index (κ3) is 8.75. The third-order valence-electron chi connectivity index (χ3n) is 4.07. The number of hydrogen-bond donors (Lipinski definition) is 2. The van der Waals surface area contributed by atoms with Gasteiger partial charge in [0.15, 0.2) is 5.96 Å². The van der Waals surface area contributed by atoms with Gasteiger partial charge in [-0.05, 0) is 38.1 Å². The van der Waals surface area contributed by atoms with Gasteiger partial charge in [0.25, 0.3) is 0 Å². The fraction of sp³-hybridized carbons (Fsp3) is 0.588. The van der Waals surface area contributed by atoms with Gasteiger partial charge >= 0.3 is 6.18 Å². The molecule has 4 nitrogen and oxygen atoms in total. The van der Waals surface area contributed by atoms with Crippen LogP contribution in [0.2, 0.25) is 0 Å². The molecular formula is C17H28F3IN4. The minimum Gasteiger partial charge on any atom is -0.355 e. The molecule has 1 aromatic rings. The van der Waals surface area contributed by atoms with E-state index in [1.807, 2.05) is 0 Å². The molecule has 1 unspecified atom stereocenters. The van der Waals surface area contributed by atoms with Crippen LogP contribution in [0.4, 0.5) is 13.2 Å². The number of likely N-dealkylation sites (N-methyl/N-ethyl adjacent to an activating group) is 1. The van der Waals surface area contributed by atoms with Crippen LogP contribution >= 0.6 is 24.0 Å². The smallest absolute Gasteiger partial charge is 0.355 e. The van der Waals surface area contributed by atoms with Crippen LogP contribution in [0.15, 0.2) is 29.3 Å². The highest BCUT2D eigenvalue weighted by molar-refractivity contribution is 14.0. The molecule has 0 bridgehead atoms. The zero-order valence-corrected chi connectivity index (χ0v) is 17.5. The third-order valence-corrected chi connectivity index (χ3v) is 4.07. The van der Waals surface area contributed by atoms with E-state index in [-0.39, 0.29) is 24.0 Å². The fourth-order valence-electron chi connectivity index (χ4n) is 2.10. The number of halogens is 4. The monoisotopic (exact) mass is 472 g/mol. The van der Waals surface area contributed by atoms with Crippen LogP contribution < -0.4 is 10.6 Å². The van der Waals surface area contributed by atoms with Crippen molar-refractivity contribution in [3.05, 3.63) is 35.4 Å². The summed E-state index contributed by atoms with van der Waals surface area (Å²) in [5, 5.41) is 6.30. The SMILES string of the molecule is CCC(C)N(C)CCNC(=NC)NCc1ccc(C(F)(F)F)cc1.I. The van der Waals surface area contributed by atoms with E-state index in [1.165, 1.54) is 12.1 Å². The Morgan fingerprint density at radius 3 is 2.28 bits per heavy atom. The molecule has 0 aromatic heterocycles. The Hall–Kier alpha value is -1.03. The molecule has 0 fully saturated rings. The van der Waals surface area contributed by atoms with Gasteiger partial charge in [-0.25, -0.2) is 0 Å². The van der Waals surface area contributed by atoms with Gasteiger partial charge in [0.1, 0.15) is 0 Å². The minimum atomic E-state index is -4.30. The second-order valence-corrected chi connectivity index (χ2v) is 5.79. The van der Waals surface area contributed by atoms with Crippen molar-refractivity contribution < 1.29 is 13.2 Å². The molecule has 1 rings (SSSR count). The average molecular weight is 472 g/mol. The number of aliphatic imine (C=N–C) groups is 1. The molecule has 0 aliphatic carbocycles. The molecule has 0 radical (unpaired) electrons. The predicted octanol–water partition coefficient (Wildman–Crippen LogP) is 3.72. The lowest BCUT2D eigenvalue weighted by Gasteiger charge is -2.24. The van der Waals surface area contributed by atoms with Crippen LogP contribution in [0.25, 0.3) is 0 Å². The van der Waals surface area contributed by atoms with Gasteiger partial charge in [0, 0.05) is 32.7 Å². The van der Waals surface area contributed by atoms with Crippen LogP contribution in [0.5, 0.6) is 0 Å². The first-order valence-electron chi connectivity index (χ1n) is 8.08. The molecule has 0 saturated heterocycles. The molecule has 25 heavy (non-hydrogen) atoms. The highest BCUT2D eigenvalue weighted by Gasteiger charge is 2.29. The molecule has 0 aliphatic heterocycles. The summed E-state index contributed by atoms with van der Waals surface area (Å²) in [5.41, 5.74) is 0.129. The van der Waals surface area contributed by atoms with Crippen LogP contribution in [-0.4, -0.2) is 44.1 Å². The van der Waals surface area contributed by atoms with Crippen molar-refractivity contribution in [2.45, 2.75) is 39.0 Å². The number of hydrogen-bond acceptors (Lipinski definition) is 2. The Balaban J connectivity index is 0.00000576. The zero-order valence-electron chi connectivity index (χ0n) is 15.2. The van der Waals surface area contributed by atoms with E-state index in [0.717, 1.165) is 37.2 Å².